The lowest BCUT2D eigenvalue weighted by Gasteiger charge is -2.09. The minimum atomic E-state index is -0.153. The zero-order valence-electron chi connectivity index (χ0n) is 12.7. The summed E-state index contributed by atoms with van der Waals surface area (Å²) in [5, 5.41) is 2.90. The number of carbonyl (C=O) groups is 1. The van der Waals surface area contributed by atoms with E-state index in [1.807, 2.05) is 12.1 Å². The highest BCUT2D eigenvalue weighted by Crippen LogP contribution is 2.15. The van der Waals surface area contributed by atoms with Crippen LogP contribution in [-0.2, 0) is 6.54 Å². The molecule has 2 rings (SSSR count). The van der Waals surface area contributed by atoms with Gasteiger partial charge < -0.3 is 11.1 Å². The van der Waals surface area contributed by atoms with E-state index < -0.39 is 0 Å². The van der Waals surface area contributed by atoms with Crippen molar-refractivity contribution in [1.29, 1.82) is 0 Å². The molecule has 0 radical (unpaired) electrons. The molecule has 0 aliphatic rings. The highest BCUT2D eigenvalue weighted by atomic mass is 16.1. The molecule has 4 nitrogen and oxygen atoms in total. The fraction of sp³-hybridized carbons (Fsp3) is 0.294. The number of amides is 1. The van der Waals surface area contributed by atoms with Crippen LogP contribution in [0.2, 0.25) is 0 Å². The van der Waals surface area contributed by atoms with E-state index in [1.165, 1.54) is 5.56 Å². The molecule has 0 spiro atoms. The summed E-state index contributed by atoms with van der Waals surface area (Å²) in [6, 6.07) is 9.93. The van der Waals surface area contributed by atoms with E-state index in [-0.39, 0.29) is 5.91 Å². The molecule has 0 aliphatic carbocycles. The van der Waals surface area contributed by atoms with Gasteiger partial charge >= 0.3 is 0 Å². The Kier molecular flexibility index (Phi) is 4.58. The van der Waals surface area contributed by atoms with E-state index >= 15 is 0 Å². The topological polar surface area (TPSA) is 68.0 Å². The molecule has 2 aromatic rings. The third kappa shape index (κ3) is 3.81. The van der Waals surface area contributed by atoms with Gasteiger partial charge in [0.2, 0.25) is 0 Å². The van der Waals surface area contributed by atoms with Crippen LogP contribution in [0.4, 0.5) is 5.69 Å². The van der Waals surface area contributed by atoms with E-state index in [1.54, 1.807) is 19.2 Å². The first-order chi connectivity index (χ1) is 9.97. The molecule has 1 amide bonds. The Hall–Kier alpha value is -2.36. The van der Waals surface area contributed by atoms with Crippen molar-refractivity contribution < 1.29 is 4.79 Å². The zero-order chi connectivity index (χ0) is 15.4. The van der Waals surface area contributed by atoms with Crippen LogP contribution in [0.3, 0.4) is 0 Å². The lowest BCUT2D eigenvalue weighted by molar-refractivity contribution is 0.0950. The van der Waals surface area contributed by atoms with Crippen LogP contribution in [-0.4, -0.2) is 10.9 Å². The SMILES string of the molecule is Cc1ncc(N)cc1C(=O)NCc1ccc(C(C)C)cc1. The van der Waals surface area contributed by atoms with Crippen molar-refractivity contribution in [2.45, 2.75) is 33.2 Å². The number of nitrogens with one attached hydrogen (secondary N) is 1. The molecule has 0 atom stereocenters. The van der Waals surface area contributed by atoms with Gasteiger partial charge in [-0.25, -0.2) is 0 Å². The average molecular weight is 283 g/mol. The summed E-state index contributed by atoms with van der Waals surface area (Å²) in [5.74, 6) is 0.356. The molecular formula is C17H21N3O. The summed E-state index contributed by atoms with van der Waals surface area (Å²) >= 11 is 0. The summed E-state index contributed by atoms with van der Waals surface area (Å²) in [7, 11) is 0. The number of hydrogen-bond acceptors (Lipinski definition) is 3. The molecule has 1 heterocycles. The molecule has 4 heteroatoms. The summed E-state index contributed by atoms with van der Waals surface area (Å²) in [5.41, 5.74) is 9.73. The van der Waals surface area contributed by atoms with Crippen molar-refractivity contribution in [3.8, 4) is 0 Å². The minimum absolute atomic E-state index is 0.153. The highest BCUT2D eigenvalue weighted by Gasteiger charge is 2.10. The van der Waals surface area contributed by atoms with Gasteiger partial charge in [-0.15, -0.1) is 0 Å². The van der Waals surface area contributed by atoms with Gasteiger partial charge in [-0.3, -0.25) is 9.78 Å². The van der Waals surface area contributed by atoms with Crippen molar-refractivity contribution in [2.75, 3.05) is 5.73 Å². The summed E-state index contributed by atoms with van der Waals surface area (Å²) < 4.78 is 0. The maximum Gasteiger partial charge on any atom is 0.253 e. The maximum absolute atomic E-state index is 12.2. The van der Waals surface area contributed by atoms with E-state index in [2.05, 4.69) is 36.3 Å². The first kappa shape index (κ1) is 15.0. The molecule has 1 aromatic heterocycles. The van der Waals surface area contributed by atoms with Gasteiger partial charge in [0.1, 0.15) is 0 Å². The number of carbonyl (C=O) groups excluding carboxylic acids is 1. The molecule has 3 N–H and O–H groups in total. The lowest BCUT2D eigenvalue weighted by atomic mass is 10.0. The van der Waals surface area contributed by atoms with Crippen LogP contribution < -0.4 is 11.1 Å². The number of aryl methyl sites for hydroxylation is 1. The number of hydrogen-bond donors (Lipinski definition) is 2. The number of pyridine rings is 1. The summed E-state index contributed by atoms with van der Waals surface area (Å²) in [6.45, 7) is 6.61. The third-order valence-corrected chi connectivity index (χ3v) is 3.45. The molecule has 0 saturated carbocycles. The average Bonchev–Trinajstić information content (AvgIpc) is 2.47. The number of nitrogen functional groups attached to an aromatic ring is 1. The van der Waals surface area contributed by atoms with Gasteiger partial charge in [0, 0.05) is 6.54 Å². The first-order valence-corrected chi connectivity index (χ1v) is 7.06. The quantitative estimate of drug-likeness (QED) is 0.906. The number of benzene rings is 1. The zero-order valence-corrected chi connectivity index (χ0v) is 12.7. The standard InChI is InChI=1S/C17H21N3O/c1-11(2)14-6-4-13(5-7-14)9-20-17(21)16-8-15(18)10-19-12(16)3/h4-8,10-11H,9,18H2,1-3H3,(H,20,21). The minimum Gasteiger partial charge on any atom is -0.397 e. The molecule has 1 aromatic carbocycles. The largest absolute Gasteiger partial charge is 0.397 e. The van der Waals surface area contributed by atoms with E-state index in [9.17, 15) is 4.79 Å². The van der Waals surface area contributed by atoms with Gasteiger partial charge in [0.15, 0.2) is 0 Å². The number of nitrogens with zero attached hydrogens (tertiary/aromatic N) is 1. The molecule has 110 valence electrons. The van der Waals surface area contributed by atoms with Gasteiger partial charge in [-0.05, 0) is 30.0 Å². The molecular weight excluding hydrogens is 262 g/mol. The molecule has 21 heavy (non-hydrogen) atoms. The van der Waals surface area contributed by atoms with Crippen LogP contribution in [0.5, 0.6) is 0 Å². The van der Waals surface area contributed by atoms with E-state index in [4.69, 9.17) is 5.73 Å². The predicted molar refractivity (Wildman–Crippen MR) is 85.1 cm³/mol. The normalized spacial score (nSPS) is 10.7. The predicted octanol–water partition coefficient (Wildman–Crippen LogP) is 3.03. The molecule has 0 aliphatic heterocycles. The fourth-order valence-electron chi connectivity index (χ4n) is 2.08. The second-order valence-electron chi connectivity index (χ2n) is 5.48. The maximum atomic E-state index is 12.2. The Bertz CT molecular complexity index is 633. The Morgan fingerprint density at radius 3 is 2.57 bits per heavy atom. The van der Waals surface area contributed by atoms with Crippen LogP contribution in [0.1, 0.15) is 46.9 Å². The highest BCUT2D eigenvalue weighted by molar-refractivity contribution is 5.95. The summed E-state index contributed by atoms with van der Waals surface area (Å²) in [4.78, 5) is 16.3. The van der Waals surface area contributed by atoms with Crippen LogP contribution in [0.15, 0.2) is 36.5 Å². The van der Waals surface area contributed by atoms with Gasteiger partial charge in [0.25, 0.3) is 5.91 Å². The summed E-state index contributed by atoms with van der Waals surface area (Å²) in [6.07, 6.45) is 1.55. The second-order valence-corrected chi connectivity index (χ2v) is 5.48. The Morgan fingerprint density at radius 1 is 1.29 bits per heavy atom. The number of aromatic nitrogens is 1. The first-order valence-electron chi connectivity index (χ1n) is 7.06. The van der Waals surface area contributed by atoms with Gasteiger partial charge in [-0.1, -0.05) is 38.1 Å². The Morgan fingerprint density at radius 2 is 1.95 bits per heavy atom. The van der Waals surface area contributed by atoms with Crippen LogP contribution in [0.25, 0.3) is 0 Å². The van der Waals surface area contributed by atoms with Gasteiger partial charge in [-0.2, -0.15) is 0 Å². The smallest absolute Gasteiger partial charge is 0.253 e. The van der Waals surface area contributed by atoms with Crippen molar-refractivity contribution in [3.63, 3.8) is 0 Å². The van der Waals surface area contributed by atoms with Crippen LogP contribution in [0, 0.1) is 6.92 Å². The molecule has 0 unspecified atom stereocenters. The van der Waals surface area contributed by atoms with Gasteiger partial charge in [0.05, 0.1) is 23.1 Å². The monoisotopic (exact) mass is 283 g/mol. The molecule has 0 saturated heterocycles. The van der Waals surface area contributed by atoms with Crippen molar-refractivity contribution in [3.05, 3.63) is 58.9 Å². The Balaban J connectivity index is 2.02. The number of anilines is 1. The fourth-order valence-corrected chi connectivity index (χ4v) is 2.08. The van der Waals surface area contributed by atoms with E-state index in [0.29, 0.717) is 29.4 Å². The number of rotatable bonds is 4. The van der Waals surface area contributed by atoms with Crippen LogP contribution >= 0.6 is 0 Å². The van der Waals surface area contributed by atoms with Crippen molar-refractivity contribution >= 4 is 11.6 Å². The molecule has 0 bridgehead atoms. The lowest BCUT2D eigenvalue weighted by Crippen LogP contribution is -2.24. The molecule has 0 fully saturated rings. The Labute approximate surface area is 125 Å². The van der Waals surface area contributed by atoms with E-state index in [0.717, 1.165) is 5.56 Å². The second kappa shape index (κ2) is 6.39. The third-order valence-electron chi connectivity index (χ3n) is 3.45. The van der Waals surface area contributed by atoms with Crippen molar-refractivity contribution in [2.24, 2.45) is 0 Å². The number of nitrogens with two attached hydrogens (primary N) is 1. The van der Waals surface area contributed by atoms with Crippen molar-refractivity contribution in [1.82, 2.24) is 10.3 Å².